The van der Waals surface area contributed by atoms with Gasteiger partial charge >= 0.3 is 12.1 Å². The molecule has 0 saturated heterocycles. The fourth-order valence-corrected chi connectivity index (χ4v) is 4.01. The van der Waals surface area contributed by atoms with Gasteiger partial charge in [0.15, 0.2) is 0 Å². The maximum atomic E-state index is 13.1. The molecule has 9 heteroatoms. The summed E-state index contributed by atoms with van der Waals surface area (Å²) in [5, 5.41) is 8.95. The summed E-state index contributed by atoms with van der Waals surface area (Å²) in [6.07, 6.45) is -4.66. The van der Waals surface area contributed by atoms with Gasteiger partial charge in [0.1, 0.15) is 6.54 Å². The lowest BCUT2D eigenvalue weighted by atomic mass is 10.2. The SMILES string of the molecule is C=S(=O)(c1ccccc1)N(CC(=O)O)c1cc(C(F)(F)F)ccc1Cl. The van der Waals surface area contributed by atoms with Crippen LogP contribution in [0.5, 0.6) is 0 Å². The Morgan fingerprint density at radius 1 is 1.20 bits per heavy atom. The molecule has 0 aromatic heterocycles. The number of rotatable bonds is 5. The van der Waals surface area contributed by atoms with Crippen LogP contribution in [0.3, 0.4) is 0 Å². The minimum absolute atomic E-state index is 0.165. The van der Waals surface area contributed by atoms with E-state index in [1.807, 2.05) is 0 Å². The Kier molecular flexibility index (Phi) is 5.34. The van der Waals surface area contributed by atoms with Gasteiger partial charge in [-0.2, -0.15) is 13.2 Å². The molecule has 0 bridgehead atoms. The second kappa shape index (κ2) is 6.97. The largest absolute Gasteiger partial charge is 0.480 e. The zero-order chi connectivity index (χ0) is 18.8. The summed E-state index contributed by atoms with van der Waals surface area (Å²) in [6.45, 7) is -0.835. The van der Waals surface area contributed by atoms with Gasteiger partial charge in [0, 0.05) is 4.90 Å². The second-order valence-corrected chi connectivity index (χ2v) is 7.65. The highest BCUT2D eigenvalue weighted by atomic mass is 35.5. The third-order valence-corrected chi connectivity index (χ3v) is 5.65. The number of hydrogen-bond acceptors (Lipinski definition) is 2. The average molecular weight is 392 g/mol. The standard InChI is InChI=1S/C16H13ClF3NO3S/c1-25(24,12-5-3-2-4-6-12)21(10-15(22)23)14-9-11(16(18,19)20)7-8-13(14)17/h2-9H,1,10H2,(H,22,23). The first kappa shape index (κ1) is 19.1. The number of benzene rings is 2. The summed E-state index contributed by atoms with van der Waals surface area (Å²) in [4.78, 5) is 11.4. The van der Waals surface area contributed by atoms with E-state index < -0.39 is 34.0 Å². The lowest BCUT2D eigenvalue weighted by molar-refractivity contribution is -0.137. The molecule has 0 saturated carbocycles. The number of alkyl halides is 3. The van der Waals surface area contributed by atoms with Gasteiger partial charge in [0.05, 0.1) is 26.0 Å². The normalized spacial score (nSPS) is 13.9. The quantitative estimate of drug-likeness (QED) is 0.785. The van der Waals surface area contributed by atoms with Gasteiger partial charge in [-0.15, -0.1) is 0 Å². The van der Waals surface area contributed by atoms with Crippen LogP contribution < -0.4 is 4.31 Å². The van der Waals surface area contributed by atoms with Crippen LogP contribution in [-0.4, -0.2) is 27.7 Å². The molecule has 0 heterocycles. The van der Waals surface area contributed by atoms with Gasteiger partial charge in [-0.25, -0.2) is 4.21 Å². The summed E-state index contributed by atoms with van der Waals surface area (Å²) < 4.78 is 52.9. The average Bonchev–Trinajstić information content (AvgIpc) is 2.53. The van der Waals surface area contributed by atoms with Gasteiger partial charge in [0.2, 0.25) is 0 Å². The van der Waals surface area contributed by atoms with E-state index in [9.17, 15) is 22.2 Å². The minimum Gasteiger partial charge on any atom is -0.480 e. The Hall–Kier alpha value is -2.19. The lowest BCUT2D eigenvalue weighted by Crippen LogP contribution is -2.36. The monoisotopic (exact) mass is 391 g/mol. The first-order chi connectivity index (χ1) is 11.5. The van der Waals surface area contributed by atoms with Gasteiger partial charge in [-0.3, -0.25) is 9.10 Å². The number of hydrogen-bond donors (Lipinski definition) is 1. The molecule has 0 fully saturated rings. The number of anilines is 1. The Balaban J connectivity index is 2.65. The van der Waals surface area contributed by atoms with E-state index in [-0.39, 0.29) is 15.6 Å². The summed E-state index contributed by atoms with van der Waals surface area (Å²) >= 11 is 5.96. The van der Waals surface area contributed by atoms with Crippen molar-refractivity contribution >= 4 is 38.8 Å². The number of aliphatic carboxylic acids is 1. The molecule has 0 aliphatic heterocycles. The summed E-state index contributed by atoms with van der Waals surface area (Å²) in [6, 6.07) is 10.1. The Bertz CT molecular complexity index is 883. The molecule has 4 nitrogen and oxygen atoms in total. The topological polar surface area (TPSA) is 57.6 Å². The predicted octanol–water partition coefficient (Wildman–Crippen LogP) is 3.94. The van der Waals surface area contributed by atoms with Crippen molar-refractivity contribution in [3.8, 4) is 0 Å². The maximum absolute atomic E-state index is 13.1. The van der Waals surface area contributed by atoms with Gasteiger partial charge in [0.25, 0.3) is 0 Å². The van der Waals surface area contributed by atoms with E-state index in [0.717, 1.165) is 16.4 Å². The molecule has 1 N–H and O–H groups in total. The maximum Gasteiger partial charge on any atom is 0.416 e. The van der Waals surface area contributed by atoms with Crippen molar-refractivity contribution in [3.05, 3.63) is 59.1 Å². The first-order valence-corrected chi connectivity index (χ1v) is 8.88. The Morgan fingerprint density at radius 3 is 2.32 bits per heavy atom. The van der Waals surface area contributed by atoms with Crippen LogP contribution in [0.25, 0.3) is 0 Å². The smallest absolute Gasteiger partial charge is 0.416 e. The van der Waals surface area contributed by atoms with Crippen LogP contribution in [0.15, 0.2) is 53.4 Å². The van der Waals surface area contributed by atoms with Crippen LogP contribution in [0.2, 0.25) is 5.02 Å². The van der Waals surface area contributed by atoms with E-state index in [1.54, 1.807) is 18.2 Å². The number of carbonyl (C=O) groups is 1. The Labute approximate surface area is 147 Å². The molecule has 2 rings (SSSR count). The summed E-state index contributed by atoms with van der Waals surface area (Å²) in [5.41, 5.74) is -1.35. The molecule has 0 aliphatic rings. The van der Waals surface area contributed by atoms with E-state index in [0.29, 0.717) is 6.07 Å². The number of carboxylic acids is 1. The molecule has 25 heavy (non-hydrogen) atoms. The zero-order valence-corrected chi connectivity index (χ0v) is 14.2. The summed E-state index contributed by atoms with van der Waals surface area (Å²) in [7, 11) is -3.43. The van der Waals surface area contributed by atoms with Crippen molar-refractivity contribution in [2.24, 2.45) is 0 Å². The third kappa shape index (κ3) is 4.26. The molecule has 134 valence electrons. The van der Waals surface area contributed by atoms with E-state index >= 15 is 0 Å². The molecule has 0 radical (unpaired) electrons. The van der Waals surface area contributed by atoms with Crippen molar-refractivity contribution < 1.29 is 27.3 Å². The molecule has 0 aliphatic carbocycles. The van der Waals surface area contributed by atoms with E-state index in [2.05, 4.69) is 5.87 Å². The fraction of sp³-hybridized carbons (Fsp3) is 0.125. The van der Waals surface area contributed by atoms with Gasteiger partial charge in [-0.05, 0) is 36.2 Å². The summed E-state index contributed by atoms with van der Waals surface area (Å²) in [5.74, 6) is 2.17. The molecule has 1 atom stereocenters. The highest BCUT2D eigenvalue weighted by molar-refractivity contribution is 8.01. The van der Waals surface area contributed by atoms with Crippen LogP contribution >= 0.6 is 11.6 Å². The molecule has 2 aromatic rings. The number of carboxylic acid groups (broad SMARTS) is 1. The highest BCUT2D eigenvalue weighted by Crippen LogP contribution is 2.37. The zero-order valence-electron chi connectivity index (χ0n) is 12.7. The fourth-order valence-electron chi connectivity index (χ4n) is 2.11. The van der Waals surface area contributed by atoms with Crippen LogP contribution in [-0.2, 0) is 20.7 Å². The second-order valence-electron chi connectivity index (χ2n) is 5.05. The third-order valence-electron chi connectivity index (χ3n) is 3.29. The van der Waals surface area contributed by atoms with Crippen LogP contribution in [0, 0.1) is 0 Å². The molecule has 1 unspecified atom stereocenters. The van der Waals surface area contributed by atoms with E-state index in [4.69, 9.17) is 16.7 Å². The predicted molar refractivity (Wildman–Crippen MR) is 91.4 cm³/mol. The molecule has 0 spiro atoms. The van der Waals surface area contributed by atoms with Gasteiger partial charge < -0.3 is 5.11 Å². The highest BCUT2D eigenvalue weighted by Gasteiger charge is 2.33. The lowest BCUT2D eigenvalue weighted by Gasteiger charge is -2.28. The molecule has 0 amide bonds. The van der Waals surface area contributed by atoms with Crippen molar-refractivity contribution in [2.75, 3.05) is 10.8 Å². The number of nitrogens with zero attached hydrogens (tertiary/aromatic N) is 1. The van der Waals surface area contributed by atoms with Crippen molar-refractivity contribution in [1.29, 1.82) is 0 Å². The van der Waals surface area contributed by atoms with Crippen LogP contribution in [0.1, 0.15) is 5.56 Å². The first-order valence-electron chi connectivity index (χ1n) is 6.82. The van der Waals surface area contributed by atoms with E-state index in [1.165, 1.54) is 12.1 Å². The number of halogens is 4. The minimum atomic E-state index is -4.66. The molecular weight excluding hydrogens is 379 g/mol. The van der Waals surface area contributed by atoms with Gasteiger partial charge in [-0.1, -0.05) is 29.8 Å². The molecular formula is C16H13ClF3NO3S. The van der Waals surface area contributed by atoms with Crippen LogP contribution in [0.4, 0.5) is 18.9 Å². The Morgan fingerprint density at radius 2 is 1.80 bits per heavy atom. The van der Waals surface area contributed by atoms with Crippen molar-refractivity contribution in [2.45, 2.75) is 11.1 Å². The van der Waals surface area contributed by atoms with Crippen molar-refractivity contribution in [3.63, 3.8) is 0 Å². The van der Waals surface area contributed by atoms with Crippen molar-refractivity contribution in [1.82, 2.24) is 0 Å². The molecule has 2 aromatic carbocycles.